The molecule has 0 spiro atoms. The van der Waals surface area contributed by atoms with Gasteiger partial charge in [-0.3, -0.25) is 4.90 Å². The molecular weight excluding hydrogens is 206 g/mol. The molecule has 0 fully saturated rings. The van der Waals surface area contributed by atoms with Crippen LogP contribution in [-0.4, -0.2) is 11.9 Å². The molecule has 0 aliphatic carbocycles. The molecule has 2 aromatic carbocycles. The van der Waals surface area contributed by atoms with Crippen LogP contribution in [0.3, 0.4) is 0 Å². The third-order valence-corrected chi connectivity index (χ3v) is 2.77. The standard InChI is InChI=1S/C16H18N/c1-14-8-10-16(11-9-14)13-17(2)12-15-6-4-3-5-7-15/h3-11H,1,12-13H2,2H3. The summed E-state index contributed by atoms with van der Waals surface area (Å²) in [5.74, 6) is 0. The van der Waals surface area contributed by atoms with Gasteiger partial charge in [0, 0.05) is 13.1 Å². The summed E-state index contributed by atoms with van der Waals surface area (Å²) in [4.78, 5) is 2.31. The van der Waals surface area contributed by atoms with Crippen molar-refractivity contribution in [2.45, 2.75) is 13.1 Å². The van der Waals surface area contributed by atoms with Gasteiger partial charge < -0.3 is 0 Å². The summed E-state index contributed by atoms with van der Waals surface area (Å²) in [6.07, 6.45) is 0. The van der Waals surface area contributed by atoms with Crippen molar-refractivity contribution in [1.29, 1.82) is 0 Å². The Morgan fingerprint density at radius 3 is 1.94 bits per heavy atom. The Bertz CT molecular complexity index is 445. The maximum Gasteiger partial charge on any atom is 0.0234 e. The SMILES string of the molecule is [CH2]c1ccc(CN(C)Cc2ccccc2)cc1. The van der Waals surface area contributed by atoms with Crippen LogP contribution in [-0.2, 0) is 13.1 Å². The molecule has 17 heavy (non-hydrogen) atoms. The van der Waals surface area contributed by atoms with E-state index in [0.29, 0.717) is 0 Å². The second kappa shape index (κ2) is 5.65. The van der Waals surface area contributed by atoms with Gasteiger partial charge >= 0.3 is 0 Å². The van der Waals surface area contributed by atoms with Crippen LogP contribution in [0.5, 0.6) is 0 Å². The lowest BCUT2D eigenvalue weighted by Gasteiger charge is -2.16. The van der Waals surface area contributed by atoms with Gasteiger partial charge in [-0.05, 0) is 30.7 Å². The monoisotopic (exact) mass is 224 g/mol. The van der Waals surface area contributed by atoms with Crippen molar-refractivity contribution in [3.8, 4) is 0 Å². The van der Waals surface area contributed by atoms with Crippen molar-refractivity contribution in [2.75, 3.05) is 7.05 Å². The molecule has 0 atom stereocenters. The Hall–Kier alpha value is -1.60. The van der Waals surface area contributed by atoms with E-state index in [0.717, 1.165) is 18.7 Å². The van der Waals surface area contributed by atoms with Crippen molar-refractivity contribution < 1.29 is 0 Å². The summed E-state index contributed by atoms with van der Waals surface area (Å²) < 4.78 is 0. The van der Waals surface area contributed by atoms with Gasteiger partial charge in [0.2, 0.25) is 0 Å². The zero-order valence-corrected chi connectivity index (χ0v) is 10.3. The zero-order valence-electron chi connectivity index (χ0n) is 10.3. The maximum atomic E-state index is 3.89. The predicted octanol–water partition coefficient (Wildman–Crippen LogP) is 3.50. The van der Waals surface area contributed by atoms with Crippen molar-refractivity contribution in [3.05, 3.63) is 78.2 Å². The largest absolute Gasteiger partial charge is 0.298 e. The first-order valence-electron chi connectivity index (χ1n) is 5.87. The van der Waals surface area contributed by atoms with E-state index in [9.17, 15) is 0 Å². The van der Waals surface area contributed by atoms with E-state index in [4.69, 9.17) is 0 Å². The average Bonchev–Trinajstić information content (AvgIpc) is 2.33. The summed E-state index contributed by atoms with van der Waals surface area (Å²) in [5.41, 5.74) is 3.75. The van der Waals surface area contributed by atoms with Crippen molar-refractivity contribution in [3.63, 3.8) is 0 Å². The van der Waals surface area contributed by atoms with Gasteiger partial charge in [0.05, 0.1) is 0 Å². The van der Waals surface area contributed by atoms with Crippen LogP contribution in [0, 0.1) is 6.92 Å². The van der Waals surface area contributed by atoms with Gasteiger partial charge in [-0.2, -0.15) is 0 Å². The third-order valence-electron chi connectivity index (χ3n) is 2.77. The van der Waals surface area contributed by atoms with E-state index in [2.05, 4.69) is 73.5 Å². The fourth-order valence-corrected chi connectivity index (χ4v) is 1.91. The minimum Gasteiger partial charge on any atom is -0.298 e. The van der Waals surface area contributed by atoms with Crippen LogP contribution in [0.1, 0.15) is 16.7 Å². The minimum atomic E-state index is 0.967. The number of hydrogen-bond donors (Lipinski definition) is 0. The van der Waals surface area contributed by atoms with Gasteiger partial charge in [-0.25, -0.2) is 0 Å². The topological polar surface area (TPSA) is 3.24 Å². The normalized spacial score (nSPS) is 10.8. The minimum absolute atomic E-state index is 0.967. The molecule has 1 heteroatoms. The van der Waals surface area contributed by atoms with Crippen molar-refractivity contribution >= 4 is 0 Å². The number of benzene rings is 2. The van der Waals surface area contributed by atoms with E-state index in [-0.39, 0.29) is 0 Å². The second-order valence-electron chi connectivity index (χ2n) is 4.47. The first-order chi connectivity index (χ1) is 8.24. The molecule has 0 saturated heterocycles. The molecule has 0 bridgehead atoms. The van der Waals surface area contributed by atoms with Gasteiger partial charge in [-0.15, -0.1) is 0 Å². The Morgan fingerprint density at radius 1 is 0.824 bits per heavy atom. The Labute approximate surface area is 104 Å². The molecule has 0 aliphatic rings. The molecule has 1 radical (unpaired) electrons. The molecule has 0 aromatic heterocycles. The van der Waals surface area contributed by atoms with Crippen LogP contribution < -0.4 is 0 Å². The van der Waals surface area contributed by atoms with Crippen molar-refractivity contribution in [1.82, 2.24) is 4.90 Å². The number of rotatable bonds is 4. The molecule has 0 N–H and O–H groups in total. The Balaban J connectivity index is 1.93. The summed E-state index contributed by atoms with van der Waals surface area (Å²) in [7, 11) is 2.14. The lowest BCUT2D eigenvalue weighted by molar-refractivity contribution is 0.319. The smallest absolute Gasteiger partial charge is 0.0234 e. The lowest BCUT2D eigenvalue weighted by atomic mass is 10.1. The molecule has 2 rings (SSSR count). The molecule has 0 heterocycles. The molecule has 2 aromatic rings. The van der Waals surface area contributed by atoms with E-state index in [1.165, 1.54) is 11.1 Å². The maximum absolute atomic E-state index is 3.89. The molecule has 0 amide bonds. The van der Waals surface area contributed by atoms with Gasteiger partial charge in [-0.1, -0.05) is 54.6 Å². The quantitative estimate of drug-likeness (QED) is 0.768. The first-order valence-corrected chi connectivity index (χ1v) is 5.87. The fourth-order valence-electron chi connectivity index (χ4n) is 1.91. The molecule has 0 saturated carbocycles. The highest BCUT2D eigenvalue weighted by Crippen LogP contribution is 2.09. The van der Waals surface area contributed by atoms with E-state index in [1.807, 2.05) is 0 Å². The van der Waals surface area contributed by atoms with E-state index in [1.54, 1.807) is 0 Å². The van der Waals surface area contributed by atoms with Gasteiger partial charge in [0.15, 0.2) is 0 Å². The molecule has 1 nitrogen and oxygen atoms in total. The highest BCUT2D eigenvalue weighted by atomic mass is 15.1. The molecular formula is C16H18N. The number of hydrogen-bond acceptors (Lipinski definition) is 1. The highest BCUT2D eigenvalue weighted by Gasteiger charge is 2.01. The molecule has 87 valence electrons. The number of nitrogens with zero attached hydrogens (tertiary/aromatic N) is 1. The van der Waals surface area contributed by atoms with Crippen LogP contribution >= 0.6 is 0 Å². The molecule has 0 unspecified atom stereocenters. The first kappa shape index (κ1) is 11.9. The van der Waals surface area contributed by atoms with Crippen LogP contribution in [0.15, 0.2) is 54.6 Å². The van der Waals surface area contributed by atoms with Crippen LogP contribution in [0.4, 0.5) is 0 Å². The Morgan fingerprint density at radius 2 is 1.35 bits per heavy atom. The Kier molecular flexibility index (Phi) is 3.94. The highest BCUT2D eigenvalue weighted by molar-refractivity contribution is 5.24. The summed E-state index contributed by atoms with van der Waals surface area (Å²) >= 11 is 0. The summed E-state index contributed by atoms with van der Waals surface area (Å²) in [6, 6.07) is 19.0. The van der Waals surface area contributed by atoms with E-state index < -0.39 is 0 Å². The van der Waals surface area contributed by atoms with Gasteiger partial charge in [0.1, 0.15) is 0 Å². The van der Waals surface area contributed by atoms with Crippen LogP contribution in [0.25, 0.3) is 0 Å². The lowest BCUT2D eigenvalue weighted by Crippen LogP contribution is -2.17. The summed E-state index contributed by atoms with van der Waals surface area (Å²) in [6.45, 7) is 5.84. The van der Waals surface area contributed by atoms with E-state index >= 15 is 0 Å². The summed E-state index contributed by atoms with van der Waals surface area (Å²) in [5, 5.41) is 0. The zero-order chi connectivity index (χ0) is 12.1. The third kappa shape index (κ3) is 3.72. The fraction of sp³-hybridized carbons (Fsp3) is 0.188. The van der Waals surface area contributed by atoms with Crippen molar-refractivity contribution in [2.24, 2.45) is 0 Å². The second-order valence-corrected chi connectivity index (χ2v) is 4.47. The average molecular weight is 224 g/mol. The van der Waals surface area contributed by atoms with Crippen LogP contribution in [0.2, 0.25) is 0 Å². The van der Waals surface area contributed by atoms with Gasteiger partial charge in [0.25, 0.3) is 0 Å². The predicted molar refractivity (Wildman–Crippen MR) is 72.5 cm³/mol. The molecule has 0 aliphatic heterocycles.